The number of amides is 3. The summed E-state index contributed by atoms with van der Waals surface area (Å²) < 4.78 is 27.0. The Kier molecular flexibility index (Phi) is 7.41. The summed E-state index contributed by atoms with van der Waals surface area (Å²) in [6, 6.07) is 8.94. The predicted octanol–water partition coefficient (Wildman–Crippen LogP) is 3.20. The maximum absolute atomic E-state index is 12.3. The Hall–Kier alpha value is -2.59. The van der Waals surface area contributed by atoms with Crippen LogP contribution < -0.4 is 15.4 Å². The number of nitrogens with one attached hydrogen (secondary N) is 3. The number of carbonyl (C=O) groups is 2. The molecule has 2 aromatic rings. The van der Waals surface area contributed by atoms with Gasteiger partial charge in [-0.25, -0.2) is 17.9 Å². The molecule has 150 valence electrons. The molecule has 2 rings (SSSR count). The summed E-state index contributed by atoms with van der Waals surface area (Å²) in [5.41, 5.74) is 0.396. The van der Waals surface area contributed by atoms with E-state index in [-0.39, 0.29) is 16.2 Å². The van der Waals surface area contributed by atoms with E-state index in [1.807, 2.05) is 11.6 Å². The van der Waals surface area contributed by atoms with Crippen LogP contribution in [-0.2, 0) is 10.0 Å². The van der Waals surface area contributed by atoms with E-state index in [1.54, 1.807) is 6.07 Å². The number of hydrogen-bond donors (Lipinski definition) is 4. The molecule has 8 nitrogen and oxygen atoms in total. The van der Waals surface area contributed by atoms with Crippen molar-refractivity contribution in [2.75, 3.05) is 11.9 Å². The van der Waals surface area contributed by atoms with Crippen LogP contribution in [0.2, 0.25) is 0 Å². The lowest BCUT2D eigenvalue weighted by atomic mass is 10.2. The number of anilines is 1. The summed E-state index contributed by atoms with van der Waals surface area (Å²) in [5.74, 6) is -0.735. The molecule has 4 N–H and O–H groups in total. The van der Waals surface area contributed by atoms with Crippen molar-refractivity contribution >= 4 is 43.6 Å². The van der Waals surface area contributed by atoms with E-state index < -0.39 is 22.0 Å². The first-order chi connectivity index (χ1) is 13.2. The molecule has 0 bridgehead atoms. The Balaban J connectivity index is 2.05. The smallest absolute Gasteiger partial charge is 0.328 e. The molecule has 0 atom stereocenters. The third kappa shape index (κ3) is 5.96. The Labute approximate surface area is 171 Å². The lowest BCUT2D eigenvalue weighted by Crippen LogP contribution is -2.39. The molecule has 0 aliphatic carbocycles. The number of urea groups is 1. The molecule has 0 aliphatic heterocycles. The highest BCUT2D eigenvalue weighted by Gasteiger charge is 2.18. The minimum atomic E-state index is -4.03. The zero-order valence-corrected chi connectivity index (χ0v) is 17.4. The molecule has 0 spiro atoms. The van der Waals surface area contributed by atoms with Crippen LogP contribution in [0.15, 0.2) is 51.8 Å². The molecule has 0 saturated carbocycles. The molecule has 0 radical (unpaired) electrons. The van der Waals surface area contributed by atoms with Crippen LogP contribution in [-0.4, -0.2) is 32.0 Å². The van der Waals surface area contributed by atoms with Gasteiger partial charge in [0.1, 0.15) is 5.75 Å². The molecule has 28 heavy (non-hydrogen) atoms. The van der Waals surface area contributed by atoms with E-state index in [0.717, 1.165) is 12.8 Å². The quantitative estimate of drug-likeness (QED) is 0.463. The number of benzene rings is 2. The van der Waals surface area contributed by atoms with E-state index in [2.05, 4.69) is 26.6 Å². The Morgan fingerprint density at radius 1 is 1.11 bits per heavy atom. The number of phenols is 1. The molecule has 2 aromatic carbocycles. The van der Waals surface area contributed by atoms with Crippen LogP contribution in [0.3, 0.4) is 0 Å². The third-order valence-corrected chi connectivity index (χ3v) is 5.51. The molecule has 10 heteroatoms. The largest absolute Gasteiger partial charge is 0.507 e. The zero-order chi connectivity index (χ0) is 20.7. The monoisotopic (exact) mass is 469 g/mol. The van der Waals surface area contributed by atoms with Crippen molar-refractivity contribution in [3.8, 4) is 5.75 Å². The second-order valence-electron chi connectivity index (χ2n) is 5.85. The fourth-order valence-corrected chi connectivity index (χ4v) is 3.49. The molecule has 0 aromatic heterocycles. The van der Waals surface area contributed by atoms with Crippen LogP contribution in [0.25, 0.3) is 0 Å². The number of aromatic hydroxyl groups is 1. The number of rotatable bonds is 7. The standard InChI is InChI=1S/C18H20BrN3O5S/c1-2-3-10-20-18(25)22-28(26,27)14-7-5-13(6-8-14)21-17(24)15-11-12(19)4-9-16(15)23/h4-9,11,23H,2-3,10H2,1H3,(H,21,24)(H2,20,22,25). The van der Waals surface area contributed by atoms with Crippen molar-refractivity contribution < 1.29 is 23.1 Å². The first kappa shape index (κ1) is 21.7. The molecule has 3 amide bonds. The Bertz CT molecular complexity index is 962. The average molecular weight is 470 g/mol. The van der Waals surface area contributed by atoms with Gasteiger partial charge in [-0.1, -0.05) is 29.3 Å². The van der Waals surface area contributed by atoms with E-state index in [0.29, 0.717) is 16.7 Å². The molecule has 0 unspecified atom stereocenters. The summed E-state index contributed by atoms with van der Waals surface area (Å²) >= 11 is 3.22. The number of phenolic OH excluding ortho intramolecular Hbond substituents is 1. The lowest BCUT2D eigenvalue weighted by Gasteiger charge is -2.10. The predicted molar refractivity (Wildman–Crippen MR) is 109 cm³/mol. The van der Waals surface area contributed by atoms with Gasteiger partial charge in [0, 0.05) is 16.7 Å². The molecular formula is C18H20BrN3O5S. The molecule has 0 aliphatic rings. The zero-order valence-electron chi connectivity index (χ0n) is 15.0. The fourth-order valence-electron chi connectivity index (χ4n) is 2.20. The van der Waals surface area contributed by atoms with Crippen molar-refractivity contribution in [3.63, 3.8) is 0 Å². The van der Waals surface area contributed by atoms with Gasteiger partial charge in [-0.05, 0) is 48.9 Å². The van der Waals surface area contributed by atoms with E-state index in [4.69, 9.17) is 0 Å². The first-order valence-electron chi connectivity index (χ1n) is 8.43. The Morgan fingerprint density at radius 2 is 1.79 bits per heavy atom. The van der Waals surface area contributed by atoms with Crippen molar-refractivity contribution in [1.82, 2.24) is 10.0 Å². The van der Waals surface area contributed by atoms with Crippen LogP contribution in [0.5, 0.6) is 5.75 Å². The molecular weight excluding hydrogens is 450 g/mol. The van der Waals surface area contributed by atoms with Crippen LogP contribution in [0, 0.1) is 0 Å². The van der Waals surface area contributed by atoms with E-state index in [9.17, 15) is 23.1 Å². The van der Waals surface area contributed by atoms with Crippen molar-refractivity contribution in [2.24, 2.45) is 0 Å². The van der Waals surface area contributed by atoms with Crippen molar-refractivity contribution in [2.45, 2.75) is 24.7 Å². The van der Waals surface area contributed by atoms with Gasteiger partial charge in [0.2, 0.25) is 0 Å². The Morgan fingerprint density at radius 3 is 2.43 bits per heavy atom. The summed E-state index contributed by atoms with van der Waals surface area (Å²) in [6.45, 7) is 2.33. The number of carbonyl (C=O) groups excluding carboxylic acids is 2. The SMILES string of the molecule is CCCCNC(=O)NS(=O)(=O)c1ccc(NC(=O)c2cc(Br)ccc2O)cc1. The van der Waals surface area contributed by atoms with Gasteiger partial charge in [-0.2, -0.15) is 0 Å². The second kappa shape index (κ2) is 9.56. The van der Waals surface area contributed by atoms with Gasteiger partial charge in [-0.15, -0.1) is 0 Å². The van der Waals surface area contributed by atoms with E-state index in [1.165, 1.54) is 36.4 Å². The molecule has 0 heterocycles. The minimum Gasteiger partial charge on any atom is -0.507 e. The highest BCUT2D eigenvalue weighted by atomic mass is 79.9. The van der Waals surface area contributed by atoms with Crippen LogP contribution in [0.1, 0.15) is 30.1 Å². The summed E-state index contributed by atoms with van der Waals surface area (Å²) in [7, 11) is -4.03. The van der Waals surface area contributed by atoms with Gasteiger partial charge >= 0.3 is 6.03 Å². The lowest BCUT2D eigenvalue weighted by molar-refractivity contribution is 0.102. The second-order valence-corrected chi connectivity index (χ2v) is 8.45. The van der Waals surface area contributed by atoms with Crippen molar-refractivity contribution in [3.05, 3.63) is 52.5 Å². The highest BCUT2D eigenvalue weighted by Crippen LogP contribution is 2.23. The maximum atomic E-state index is 12.3. The van der Waals surface area contributed by atoms with Gasteiger partial charge < -0.3 is 15.7 Å². The summed E-state index contributed by atoms with van der Waals surface area (Å²) in [5, 5.41) is 14.8. The average Bonchev–Trinajstić information content (AvgIpc) is 2.64. The highest BCUT2D eigenvalue weighted by molar-refractivity contribution is 9.10. The number of halogens is 1. The van der Waals surface area contributed by atoms with Crippen molar-refractivity contribution in [1.29, 1.82) is 0 Å². The fraction of sp³-hybridized carbons (Fsp3) is 0.222. The van der Waals surface area contributed by atoms with Gasteiger partial charge in [0.05, 0.1) is 10.5 Å². The van der Waals surface area contributed by atoms with Gasteiger partial charge in [0.25, 0.3) is 15.9 Å². The molecule has 0 saturated heterocycles. The summed E-state index contributed by atoms with van der Waals surface area (Å²) in [6.07, 6.45) is 1.62. The topological polar surface area (TPSA) is 125 Å². The minimum absolute atomic E-state index is 0.0662. The van der Waals surface area contributed by atoms with Crippen LogP contribution in [0.4, 0.5) is 10.5 Å². The first-order valence-corrected chi connectivity index (χ1v) is 10.7. The maximum Gasteiger partial charge on any atom is 0.328 e. The number of sulfonamides is 1. The van der Waals surface area contributed by atoms with Gasteiger partial charge in [0.15, 0.2) is 0 Å². The number of unbranched alkanes of at least 4 members (excludes halogenated alkanes) is 1. The number of hydrogen-bond acceptors (Lipinski definition) is 5. The normalized spacial score (nSPS) is 10.9. The summed E-state index contributed by atoms with van der Waals surface area (Å²) in [4.78, 5) is 23.8. The third-order valence-electron chi connectivity index (χ3n) is 3.67. The van der Waals surface area contributed by atoms with Gasteiger partial charge in [-0.3, -0.25) is 4.79 Å². The molecule has 0 fully saturated rings. The van der Waals surface area contributed by atoms with Crippen LogP contribution >= 0.6 is 15.9 Å². The van der Waals surface area contributed by atoms with E-state index >= 15 is 0 Å².